The summed E-state index contributed by atoms with van der Waals surface area (Å²) in [5, 5.41) is 0. The predicted molar refractivity (Wildman–Crippen MR) is 120 cm³/mol. The fraction of sp³-hybridized carbons (Fsp3) is 0.462. The molecular formula is C26H31NO4. The Balaban J connectivity index is 1.82. The Morgan fingerprint density at radius 3 is 2.06 bits per heavy atom. The van der Waals surface area contributed by atoms with E-state index >= 15 is 0 Å². The monoisotopic (exact) mass is 421 g/mol. The quantitative estimate of drug-likeness (QED) is 0.592. The van der Waals surface area contributed by atoms with E-state index in [0.717, 1.165) is 18.4 Å². The summed E-state index contributed by atoms with van der Waals surface area (Å²) >= 11 is 0. The van der Waals surface area contributed by atoms with Crippen molar-refractivity contribution in [2.24, 2.45) is 0 Å². The molecular weight excluding hydrogens is 390 g/mol. The second-order valence-electron chi connectivity index (χ2n) is 9.83. The molecule has 1 aliphatic heterocycles. The third-order valence-electron chi connectivity index (χ3n) is 6.95. The number of hydrogen-bond acceptors (Lipinski definition) is 5. The summed E-state index contributed by atoms with van der Waals surface area (Å²) < 4.78 is 11.0. The van der Waals surface area contributed by atoms with Crippen LogP contribution in [0.2, 0.25) is 0 Å². The van der Waals surface area contributed by atoms with Gasteiger partial charge in [-0.3, -0.25) is 14.5 Å². The lowest BCUT2D eigenvalue weighted by Gasteiger charge is -2.53. The highest BCUT2D eigenvalue weighted by Crippen LogP contribution is 2.42. The molecule has 4 rings (SSSR count). The Morgan fingerprint density at radius 2 is 1.45 bits per heavy atom. The Kier molecular flexibility index (Phi) is 5.21. The zero-order chi connectivity index (χ0) is 22.6. The number of rotatable bonds is 4. The van der Waals surface area contributed by atoms with E-state index in [4.69, 9.17) is 9.47 Å². The van der Waals surface area contributed by atoms with Gasteiger partial charge in [0.05, 0.1) is 25.3 Å². The minimum atomic E-state index is -0.232. The lowest BCUT2D eigenvalue weighted by atomic mass is 9.79. The Labute approximate surface area is 184 Å². The number of hydrogen-bond donors (Lipinski definition) is 0. The van der Waals surface area contributed by atoms with Crippen LogP contribution in [-0.4, -0.2) is 41.8 Å². The van der Waals surface area contributed by atoms with Crippen LogP contribution in [0.15, 0.2) is 30.3 Å². The molecule has 0 amide bonds. The zero-order valence-electron chi connectivity index (χ0n) is 19.3. The van der Waals surface area contributed by atoms with Crippen LogP contribution in [0, 0.1) is 0 Å². The van der Waals surface area contributed by atoms with E-state index in [0.29, 0.717) is 40.3 Å². The molecule has 5 nitrogen and oxygen atoms in total. The van der Waals surface area contributed by atoms with E-state index in [1.807, 2.05) is 12.1 Å². The normalized spacial score (nSPS) is 19.5. The number of ketones is 2. The minimum absolute atomic E-state index is 0.0463. The highest BCUT2D eigenvalue weighted by Gasteiger charge is 2.41. The molecule has 0 spiro atoms. The first-order chi connectivity index (χ1) is 14.6. The lowest BCUT2D eigenvalue weighted by Crippen LogP contribution is -2.57. The number of fused-ring (bicyclic) bond motifs is 2. The molecule has 1 fully saturated rings. The number of carbonyl (C=O) groups is 2. The summed E-state index contributed by atoms with van der Waals surface area (Å²) in [4.78, 5) is 29.3. The number of carbonyl (C=O) groups excluding carboxylic acids is 2. The maximum absolute atomic E-state index is 13.4. The molecule has 1 heterocycles. The third-order valence-corrected chi connectivity index (χ3v) is 6.95. The van der Waals surface area contributed by atoms with E-state index in [-0.39, 0.29) is 22.6 Å². The summed E-state index contributed by atoms with van der Waals surface area (Å²) in [6.07, 6.45) is 3.46. The number of nitrogens with zero attached hydrogens (tertiary/aromatic N) is 1. The van der Waals surface area contributed by atoms with Crippen molar-refractivity contribution >= 4 is 11.6 Å². The van der Waals surface area contributed by atoms with E-state index in [1.54, 1.807) is 25.3 Å². The lowest BCUT2D eigenvalue weighted by molar-refractivity contribution is -0.0341. The van der Waals surface area contributed by atoms with Crippen molar-refractivity contribution in [2.45, 2.75) is 64.6 Å². The van der Waals surface area contributed by atoms with Crippen molar-refractivity contribution in [3.8, 4) is 11.5 Å². The van der Waals surface area contributed by atoms with Gasteiger partial charge in [0.15, 0.2) is 5.78 Å². The van der Waals surface area contributed by atoms with Crippen LogP contribution >= 0.6 is 0 Å². The molecule has 0 atom stereocenters. The molecule has 2 aliphatic rings. The molecule has 0 bridgehead atoms. The average Bonchev–Trinajstić information content (AvgIpc) is 2.73. The van der Waals surface area contributed by atoms with E-state index in [1.165, 1.54) is 13.5 Å². The summed E-state index contributed by atoms with van der Waals surface area (Å²) in [6, 6.07) is 8.92. The van der Waals surface area contributed by atoms with Crippen molar-refractivity contribution in [3.05, 3.63) is 58.1 Å². The number of likely N-dealkylation sites (tertiary alicyclic amines) is 1. The van der Waals surface area contributed by atoms with Crippen molar-refractivity contribution in [1.82, 2.24) is 4.90 Å². The fourth-order valence-electron chi connectivity index (χ4n) is 5.39. The molecule has 0 aromatic heterocycles. The van der Waals surface area contributed by atoms with E-state index < -0.39 is 0 Å². The van der Waals surface area contributed by atoms with E-state index in [9.17, 15) is 9.59 Å². The number of benzene rings is 2. The molecule has 31 heavy (non-hydrogen) atoms. The van der Waals surface area contributed by atoms with Crippen LogP contribution in [-0.2, 0) is 6.54 Å². The summed E-state index contributed by atoms with van der Waals surface area (Å²) in [5.41, 5.74) is 2.50. The van der Waals surface area contributed by atoms with E-state index in [2.05, 4.69) is 32.6 Å². The Hall–Kier alpha value is -2.66. The maximum atomic E-state index is 13.4. The second kappa shape index (κ2) is 7.49. The molecule has 0 radical (unpaired) electrons. The predicted octanol–water partition coefficient (Wildman–Crippen LogP) is 5.02. The smallest absolute Gasteiger partial charge is 0.201 e. The first kappa shape index (κ1) is 21.6. The van der Waals surface area contributed by atoms with Gasteiger partial charge in [-0.25, -0.2) is 0 Å². The molecule has 2 aromatic carbocycles. The largest absolute Gasteiger partial charge is 0.496 e. The van der Waals surface area contributed by atoms with Gasteiger partial charge in [-0.2, -0.15) is 0 Å². The highest BCUT2D eigenvalue weighted by atomic mass is 16.5. The van der Waals surface area contributed by atoms with Crippen molar-refractivity contribution in [3.63, 3.8) is 0 Å². The van der Waals surface area contributed by atoms with Gasteiger partial charge in [0.2, 0.25) is 5.78 Å². The van der Waals surface area contributed by atoms with Crippen molar-refractivity contribution < 1.29 is 19.1 Å². The zero-order valence-corrected chi connectivity index (χ0v) is 19.3. The summed E-state index contributed by atoms with van der Waals surface area (Å²) in [5.74, 6) is 0.448. The van der Waals surface area contributed by atoms with Gasteiger partial charge in [0.1, 0.15) is 11.5 Å². The highest BCUT2D eigenvalue weighted by molar-refractivity contribution is 6.30. The summed E-state index contributed by atoms with van der Waals surface area (Å²) in [6.45, 7) is 9.80. The second-order valence-corrected chi connectivity index (χ2v) is 9.83. The molecule has 1 aliphatic carbocycles. The van der Waals surface area contributed by atoms with Crippen LogP contribution in [0.4, 0.5) is 0 Å². The van der Waals surface area contributed by atoms with Gasteiger partial charge in [0.25, 0.3) is 0 Å². The van der Waals surface area contributed by atoms with Gasteiger partial charge >= 0.3 is 0 Å². The molecule has 1 saturated heterocycles. The first-order valence-electron chi connectivity index (χ1n) is 10.9. The van der Waals surface area contributed by atoms with Crippen molar-refractivity contribution in [2.75, 3.05) is 14.2 Å². The molecule has 5 heteroatoms. The molecule has 2 aromatic rings. The molecule has 0 N–H and O–H groups in total. The maximum Gasteiger partial charge on any atom is 0.201 e. The van der Waals surface area contributed by atoms with Crippen LogP contribution < -0.4 is 9.47 Å². The first-order valence-corrected chi connectivity index (χ1v) is 10.9. The number of piperidine rings is 1. The van der Waals surface area contributed by atoms with Crippen LogP contribution in [0.25, 0.3) is 0 Å². The van der Waals surface area contributed by atoms with Gasteiger partial charge in [-0.1, -0.05) is 12.1 Å². The van der Waals surface area contributed by atoms with Crippen LogP contribution in [0.3, 0.4) is 0 Å². The fourth-order valence-corrected chi connectivity index (χ4v) is 5.39. The number of ether oxygens (including phenoxy) is 2. The van der Waals surface area contributed by atoms with Gasteiger partial charge in [-0.15, -0.1) is 0 Å². The Morgan fingerprint density at radius 1 is 0.839 bits per heavy atom. The average molecular weight is 422 g/mol. The van der Waals surface area contributed by atoms with Gasteiger partial charge < -0.3 is 9.47 Å². The molecule has 164 valence electrons. The van der Waals surface area contributed by atoms with Gasteiger partial charge in [-0.05, 0) is 70.7 Å². The molecule has 0 unspecified atom stereocenters. The minimum Gasteiger partial charge on any atom is -0.496 e. The Bertz CT molecular complexity index is 1050. The third kappa shape index (κ3) is 3.45. The molecule has 0 saturated carbocycles. The van der Waals surface area contributed by atoms with Crippen LogP contribution in [0.5, 0.6) is 11.5 Å². The van der Waals surface area contributed by atoms with Gasteiger partial charge in [0, 0.05) is 28.7 Å². The SMILES string of the molecule is COc1cccc2c1C(=O)c1c(OC)cc(CN3C(C)(C)CCCC3(C)C)cc1C2=O. The summed E-state index contributed by atoms with van der Waals surface area (Å²) in [7, 11) is 3.05. The number of methoxy groups -OCH3 is 2. The standard InChI is InChI=1S/C26H31NO4/c1-25(2)11-8-12-26(3,4)27(25)15-16-13-18-22(20(14-16)31-6)24(29)21-17(23(18)28)9-7-10-19(21)30-5/h7,9-10,13-14H,8,11-12,15H2,1-6H3. The topological polar surface area (TPSA) is 55.8 Å². The van der Waals surface area contributed by atoms with Crippen molar-refractivity contribution in [1.29, 1.82) is 0 Å². The van der Waals surface area contributed by atoms with Crippen LogP contribution in [0.1, 0.15) is 84.4 Å².